The number of imidazole rings is 1. The predicted octanol–water partition coefficient (Wildman–Crippen LogP) is 7.04. The second-order valence-electron chi connectivity index (χ2n) is 6.81. The number of nitrogens with zero attached hydrogens (tertiary/aromatic N) is 4. The minimum absolute atomic E-state index is 0.0219. The molecule has 32 heavy (non-hydrogen) atoms. The van der Waals surface area contributed by atoms with Crippen molar-refractivity contribution in [1.29, 1.82) is 0 Å². The van der Waals surface area contributed by atoms with Gasteiger partial charge in [0.05, 0.1) is 39.1 Å². The fraction of sp³-hybridized carbons (Fsp3) is 0.211. The highest BCUT2D eigenvalue weighted by atomic mass is 127. The molecule has 0 bridgehead atoms. The highest BCUT2D eigenvalue weighted by Crippen LogP contribution is 2.39. The molecule has 4 aromatic rings. The zero-order valence-corrected chi connectivity index (χ0v) is 22.5. The van der Waals surface area contributed by atoms with Crippen LogP contribution in [0.15, 0.2) is 29.2 Å². The summed E-state index contributed by atoms with van der Waals surface area (Å²) in [5, 5.41) is 4.17. The molecule has 3 heterocycles. The van der Waals surface area contributed by atoms with Gasteiger partial charge in [-0.1, -0.05) is 11.6 Å². The third-order valence-electron chi connectivity index (χ3n) is 4.73. The van der Waals surface area contributed by atoms with E-state index in [-0.39, 0.29) is 28.5 Å². The largest absolute Gasteiger partial charge is 0.353 e. The molecule has 3 aromatic heterocycles. The van der Waals surface area contributed by atoms with Crippen molar-refractivity contribution >= 4 is 84.7 Å². The van der Waals surface area contributed by atoms with Crippen LogP contribution in [0, 0.1) is 13.8 Å². The van der Waals surface area contributed by atoms with E-state index >= 15 is 0 Å². The standard InChI is InChI=1S/C19H16ClF2IN5OPS2/c1-8-9(2)31-19(24-8)10-4-5-11(13(6-10)32(3)29)25-12-7-14(20)26-17-15(12)27-18(16(21)22)28(17)30-23/h4-7,16,30H,1-3H3,(H,25,26). The van der Waals surface area contributed by atoms with Crippen LogP contribution < -0.4 is 5.32 Å². The van der Waals surface area contributed by atoms with Gasteiger partial charge in [-0.3, -0.25) is 8.55 Å². The molecule has 4 rings (SSSR count). The number of pyridine rings is 1. The molecule has 6 nitrogen and oxygen atoms in total. The van der Waals surface area contributed by atoms with E-state index in [0.717, 1.165) is 21.1 Å². The molecule has 0 saturated heterocycles. The molecule has 0 spiro atoms. The molecule has 0 aliphatic rings. The van der Waals surface area contributed by atoms with Crippen LogP contribution in [0.25, 0.3) is 21.7 Å². The summed E-state index contributed by atoms with van der Waals surface area (Å²) in [6.45, 7) is 3.96. The van der Waals surface area contributed by atoms with E-state index in [4.69, 9.17) is 11.6 Å². The molecule has 0 radical (unpaired) electrons. The molecule has 2 unspecified atom stereocenters. The summed E-state index contributed by atoms with van der Waals surface area (Å²) in [5.41, 5.74) is 3.34. The van der Waals surface area contributed by atoms with Gasteiger partial charge in [0.15, 0.2) is 11.5 Å². The van der Waals surface area contributed by atoms with Crippen molar-refractivity contribution in [2.75, 3.05) is 11.6 Å². The zero-order valence-electron chi connectivity index (χ0n) is 16.9. The van der Waals surface area contributed by atoms with Gasteiger partial charge in [-0.15, -0.1) is 11.3 Å². The van der Waals surface area contributed by atoms with E-state index in [2.05, 4.69) is 20.3 Å². The van der Waals surface area contributed by atoms with Crippen LogP contribution in [-0.4, -0.2) is 29.8 Å². The molecule has 1 aromatic carbocycles. The Balaban J connectivity index is 1.82. The lowest BCUT2D eigenvalue weighted by molar-refractivity contribution is 0.140. The fourth-order valence-corrected chi connectivity index (χ4v) is 6.81. The molecule has 0 amide bonds. The number of rotatable bonds is 6. The number of benzene rings is 1. The number of halogens is 4. The monoisotopic (exact) mass is 625 g/mol. The van der Waals surface area contributed by atoms with E-state index in [1.54, 1.807) is 23.7 Å². The SMILES string of the molecule is Cc1nc(-c2ccc(Nc3cc(Cl)nc4c3nc(C(F)F)n4PI)c(S(C)=O)c2)sc1C. The van der Waals surface area contributed by atoms with Crippen molar-refractivity contribution in [3.63, 3.8) is 0 Å². The van der Waals surface area contributed by atoms with Crippen molar-refractivity contribution < 1.29 is 13.0 Å². The first-order chi connectivity index (χ1) is 15.2. The van der Waals surface area contributed by atoms with Gasteiger partial charge in [0.25, 0.3) is 6.43 Å². The first-order valence-electron chi connectivity index (χ1n) is 9.12. The Morgan fingerprint density at radius 2 is 1.97 bits per heavy atom. The van der Waals surface area contributed by atoms with Gasteiger partial charge in [0.2, 0.25) is 0 Å². The van der Waals surface area contributed by atoms with Crippen molar-refractivity contribution in [2.45, 2.75) is 25.2 Å². The number of anilines is 2. The Hall–Kier alpha value is -1.27. The van der Waals surface area contributed by atoms with Gasteiger partial charge in [-0.25, -0.2) is 23.7 Å². The van der Waals surface area contributed by atoms with Crippen molar-refractivity contribution in [1.82, 2.24) is 19.3 Å². The van der Waals surface area contributed by atoms with E-state index in [0.29, 0.717) is 16.3 Å². The minimum Gasteiger partial charge on any atom is -0.353 e. The van der Waals surface area contributed by atoms with E-state index < -0.39 is 17.2 Å². The van der Waals surface area contributed by atoms with Gasteiger partial charge < -0.3 is 5.32 Å². The Morgan fingerprint density at radius 3 is 2.56 bits per heavy atom. The van der Waals surface area contributed by atoms with Crippen molar-refractivity contribution in [3.05, 3.63) is 45.8 Å². The topological polar surface area (TPSA) is 72.7 Å². The van der Waals surface area contributed by atoms with Crippen LogP contribution in [-0.2, 0) is 10.8 Å². The summed E-state index contributed by atoms with van der Waals surface area (Å²) in [6, 6.07) is 7.03. The molecule has 168 valence electrons. The maximum atomic E-state index is 13.5. The first-order valence-corrected chi connectivity index (χ1v) is 15.9. The lowest BCUT2D eigenvalue weighted by Gasteiger charge is -2.13. The summed E-state index contributed by atoms with van der Waals surface area (Å²) in [7, 11) is -1.32. The Bertz CT molecular complexity index is 1340. The summed E-state index contributed by atoms with van der Waals surface area (Å²) >= 11 is 9.76. The van der Waals surface area contributed by atoms with Crippen LogP contribution >= 0.6 is 51.4 Å². The Kier molecular flexibility index (Phi) is 7.11. The van der Waals surface area contributed by atoms with Crippen LogP contribution in [0.2, 0.25) is 5.15 Å². The molecule has 13 heteroatoms. The van der Waals surface area contributed by atoms with Crippen LogP contribution in [0.5, 0.6) is 0 Å². The molecular formula is C19H16ClF2IN5OPS2. The molecule has 0 saturated carbocycles. The number of thiazole rings is 1. The van der Waals surface area contributed by atoms with Gasteiger partial charge in [0.1, 0.15) is 15.7 Å². The third kappa shape index (κ3) is 4.54. The number of hydrogen-bond donors (Lipinski definition) is 1. The Morgan fingerprint density at radius 1 is 1.22 bits per heavy atom. The minimum atomic E-state index is -2.75. The van der Waals surface area contributed by atoms with E-state index in [1.807, 2.05) is 48.0 Å². The number of aryl methyl sites for hydroxylation is 2. The van der Waals surface area contributed by atoms with Crippen molar-refractivity contribution in [2.24, 2.45) is 0 Å². The Labute approximate surface area is 209 Å². The third-order valence-corrected chi connectivity index (χ3v) is 9.06. The second-order valence-corrected chi connectivity index (χ2v) is 11.8. The van der Waals surface area contributed by atoms with Crippen LogP contribution in [0.1, 0.15) is 22.8 Å². The predicted molar refractivity (Wildman–Crippen MR) is 138 cm³/mol. The number of alkyl halides is 2. The average Bonchev–Trinajstić information content (AvgIpc) is 3.28. The normalized spacial score (nSPS) is 13.0. The summed E-state index contributed by atoms with van der Waals surface area (Å²) in [4.78, 5) is 14.6. The van der Waals surface area contributed by atoms with Gasteiger partial charge in [-0.2, -0.15) is 0 Å². The highest BCUT2D eigenvalue weighted by molar-refractivity contribution is 14.2. The molecular weight excluding hydrogens is 610 g/mol. The van der Waals surface area contributed by atoms with Gasteiger partial charge in [-0.05, 0) is 54.1 Å². The maximum Gasteiger partial charge on any atom is 0.295 e. The number of aromatic nitrogens is 4. The number of fused-ring (bicyclic) bond motifs is 1. The average molecular weight is 626 g/mol. The second kappa shape index (κ2) is 9.54. The smallest absolute Gasteiger partial charge is 0.295 e. The van der Waals surface area contributed by atoms with Gasteiger partial charge >= 0.3 is 0 Å². The van der Waals surface area contributed by atoms with E-state index in [1.165, 1.54) is 10.4 Å². The van der Waals surface area contributed by atoms with E-state index in [9.17, 15) is 13.0 Å². The number of hydrogen-bond acceptors (Lipinski definition) is 6. The lowest BCUT2D eigenvalue weighted by atomic mass is 10.2. The summed E-state index contributed by atoms with van der Waals surface area (Å²) < 4.78 is 40.9. The fourth-order valence-electron chi connectivity index (χ4n) is 3.10. The summed E-state index contributed by atoms with van der Waals surface area (Å²) in [6.07, 6.45) is -1.19. The van der Waals surface area contributed by atoms with Crippen molar-refractivity contribution in [3.8, 4) is 10.6 Å². The van der Waals surface area contributed by atoms with Crippen LogP contribution in [0.3, 0.4) is 0 Å². The van der Waals surface area contributed by atoms with Gasteiger partial charge in [0, 0.05) is 22.8 Å². The highest BCUT2D eigenvalue weighted by Gasteiger charge is 2.23. The molecule has 0 aliphatic heterocycles. The molecule has 0 aliphatic carbocycles. The zero-order chi connectivity index (χ0) is 23.2. The lowest BCUT2D eigenvalue weighted by Crippen LogP contribution is -2.00. The quantitative estimate of drug-likeness (QED) is 0.141. The first kappa shape index (κ1) is 23.9. The van der Waals surface area contributed by atoms with Crippen LogP contribution in [0.4, 0.5) is 20.2 Å². The summed E-state index contributed by atoms with van der Waals surface area (Å²) in [5.74, 6) is -0.366. The molecule has 2 atom stereocenters. The molecule has 0 fully saturated rings. The number of nitrogens with one attached hydrogen (secondary N) is 1. The maximum absolute atomic E-state index is 13.5. The molecule has 1 N–H and O–H groups in total.